The Bertz CT molecular complexity index is 363. The molecular weight excluding hydrogens is 256 g/mol. The fourth-order valence-electron chi connectivity index (χ4n) is 1.81. The van der Waals surface area contributed by atoms with Crippen molar-refractivity contribution in [2.75, 3.05) is 44.5 Å². The molecule has 1 atom stereocenters. The number of rotatable bonds is 10. The summed E-state index contributed by atoms with van der Waals surface area (Å²) >= 11 is 0. The predicted molar refractivity (Wildman–Crippen MR) is 81.4 cm³/mol. The second-order valence-corrected chi connectivity index (χ2v) is 4.53. The van der Waals surface area contributed by atoms with Gasteiger partial charge >= 0.3 is 0 Å². The van der Waals surface area contributed by atoms with Crippen molar-refractivity contribution in [3.63, 3.8) is 0 Å². The Labute approximate surface area is 121 Å². The summed E-state index contributed by atoms with van der Waals surface area (Å²) in [4.78, 5) is 8.99. The molecule has 6 heteroatoms. The molecular formula is C14H26N4O2. The molecule has 0 amide bonds. The van der Waals surface area contributed by atoms with Gasteiger partial charge in [-0.3, -0.25) is 0 Å². The topological polar surface area (TPSA) is 68.3 Å². The standard InChI is InChI=1S/C14H26N4O2/c1-5-7-12-17-13(15-6-2)8-14(18-12)16-9-11(20-4)10-19-3/h8,11H,5-7,9-10H2,1-4H3,(H2,15,16,17,18). The van der Waals surface area contributed by atoms with Crippen molar-refractivity contribution in [1.29, 1.82) is 0 Å². The third-order valence-electron chi connectivity index (χ3n) is 2.80. The van der Waals surface area contributed by atoms with Crippen molar-refractivity contribution in [2.45, 2.75) is 32.8 Å². The Morgan fingerprint density at radius 3 is 2.40 bits per heavy atom. The maximum absolute atomic E-state index is 5.32. The van der Waals surface area contributed by atoms with E-state index in [0.717, 1.165) is 36.8 Å². The number of aromatic nitrogens is 2. The molecule has 0 aromatic carbocycles. The van der Waals surface area contributed by atoms with Gasteiger partial charge in [-0.25, -0.2) is 9.97 Å². The first-order valence-electron chi connectivity index (χ1n) is 7.10. The van der Waals surface area contributed by atoms with Crippen LogP contribution in [0.2, 0.25) is 0 Å². The van der Waals surface area contributed by atoms with Crippen LogP contribution in [-0.4, -0.2) is 50.0 Å². The van der Waals surface area contributed by atoms with Gasteiger partial charge in [0.15, 0.2) is 0 Å². The Balaban J connectivity index is 2.71. The molecule has 0 spiro atoms. The Morgan fingerprint density at radius 2 is 1.85 bits per heavy atom. The lowest BCUT2D eigenvalue weighted by Crippen LogP contribution is -2.27. The summed E-state index contributed by atoms with van der Waals surface area (Å²) < 4.78 is 10.4. The highest BCUT2D eigenvalue weighted by Gasteiger charge is 2.08. The van der Waals surface area contributed by atoms with Gasteiger partial charge in [-0.2, -0.15) is 0 Å². The molecule has 0 radical (unpaired) electrons. The van der Waals surface area contributed by atoms with E-state index >= 15 is 0 Å². The third kappa shape index (κ3) is 5.71. The average Bonchev–Trinajstić information content (AvgIpc) is 2.44. The van der Waals surface area contributed by atoms with Gasteiger partial charge < -0.3 is 20.1 Å². The van der Waals surface area contributed by atoms with Crippen LogP contribution >= 0.6 is 0 Å². The predicted octanol–water partition coefficient (Wildman–Crippen LogP) is 1.93. The number of hydrogen-bond donors (Lipinski definition) is 2. The molecule has 1 rings (SSSR count). The summed E-state index contributed by atoms with van der Waals surface area (Å²) in [5.41, 5.74) is 0. The van der Waals surface area contributed by atoms with Gasteiger partial charge in [0.05, 0.1) is 12.7 Å². The number of ether oxygens (including phenoxy) is 2. The minimum atomic E-state index is 0.00664. The van der Waals surface area contributed by atoms with E-state index < -0.39 is 0 Å². The number of hydrogen-bond acceptors (Lipinski definition) is 6. The SMILES string of the molecule is CCCc1nc(NCC)cc(NCC(COC)OC)n1. The highest BCUT2D eigenvalue weighted by molar-refractivity contribution is 5.47. The molecule has 6 nitrogen and oxygen atoms in total. The largest absolute Gasteiger partial charge is 0.382 e. The molecule has 0 aliphatic rings. The molecule has 20 heavy (non-hydrogen) atoms. The van der Waals surface area contributed by atoms with Gasteiger partial charge in [-0.05, 0) is 13.3 Å². The minimum absolute atomic E-state index is 0.00664. The van der Waals surface area contributed by atoms with E-state index in [2.05, 4.69) is 27.5 Å². The average molecular weight is 282 g/mol. The van der Waals surface area contributed by atoms with Crippen molar-refractivity contribution in [2.24, 2.45) is 0 Å². The van der Waals surface area contributed by atoms with Crippen molar-refractivity contribution in [1.82, 2.24) is 9.97 Å². The molecule has 1 aromatic rings. The van der Waals surface area contributed by atoms with Crippen LogP contribution in [-0.2, 0) is 15.9 Å². The summed E-state index contributed by atoms with van der Waals surface area (Å²) in [6.45, 7) is 6.21. The van der Waals surface area contributed by atoms with Crippen LogP contribution in [0, 0.1) is 0 Å². The van der Waals surface area contributed by atoms with Crippen LogP contribution in [0.25, 0.3) is 0 Å². The Hall–Kier alpha value is -1.40. The lowest BCUT2D eigenvalue weighted by molar-refractivity contribution is 0.0365. The normalized spacial score (nSPS) is 12.2. The number of anilines is 2. The molecule has 0 aliphatic heterocycles. The molecule has 1 unspecified atom stereocenters. The van der Waals surface area contributed by atoms with Crippen molar-refractivity contribution >= 4 is 11.6 Å². The lowest BCUT2D eigenvalue weighted by Gasteiger charge is -2.16. The van der Waals surface area contributed by atoms with Crippen molar-refractivity contribution < 1.29 is 9.47 Å². The van der Waals surface area contributed by atoms with Gasteiger partial charge in [-0.1, -0.05) is 6.92 Å². The van der Waals surface area contributed by atoms with Crippen LogP contribution < -0.4 is 10.6 Å². The first-order chi connectivity index (χ1) is 9.73. The monoisotopic (exact) mass is 282 g/mol. The van der Waals surface area contributed by atoms with Gasteiger partial charge in [0.1, 0.15) is 17.5 Å². The maximum Gasteiger partial charge on any atom is 0.133 e. The quantitative estimate of drug-likeness (QED) is 0.683. The van der Waals surface area contributed by atoms with Gasteiger partial charge in [0, 0.05) is 39.8 Å². The second kappa shape index (κ2) is 9.50. The number of methoxy groups -OCH3 is 2. The van der Waals surface area contributed by atoms with E-state index in [1.807, 2.05) is 13.0 Å². The summed E-state index contributed by atoms with van der Waals surface area (Å²) in [6, 6.07) is 1.92. The fourth-order valence-corrected chi connectivity index (χ4v) is 1.81. The van der Waals surface area contributed by atoms with Crippen LogP contribution in [0.3, 0.4) is 0 Å². The molecule has 0 aliphatic carbocycles. The highest BCUT2D eigenvalue weighted by atomic mass is 16.5. The van der Waals surface area contributed by atoms with E-state index in [-0.39, 0.29) is 6.10 Å². The Kier molecular flexibility index (Phi) is 7.91. The van der Waals surface area contributed by atoms with Gasteiger partial charge in [0.25, 0.3) is 0 Å². The highest BCUT2D eigenvalue weighted by Crippen LogP contribution is 2.12. The van der Waals surface area contributed by atoms with Crippen LogP contribution in [0.5, 0.6) is 0 Å². The molecule has 0 bridgehead atoms. The zero-order chi connectivity index (χ0) is 14.8. The van der Waals surface area contributed by atoms with Crippen LogP contribution in [0.1, 0.15) is 26.1 Å². The molecule has 1 heterocycles. The van der Waals surface area contributed by atoms with E-state index in [1.165, 1.54) is 0 Å². The first-order valence-corrected chi connectivity index (χ1v) is 7.10. The first kappa shape index (κ1) is 16.7. The minimum Gasteiger partial charge on any atom is -0.382 e. The van der Waals surface area contributed by atoms with Crippen molar-refractivity contribution in [3.05, 3.63) is 11.9 Å². The summed E-state index contributed by atoms with van der Waals surface area (Å²) in [5, 5.41) is 6.51. The summed E-state index contributed by atoms with van der Waals surface area (Å²) in [5.74, 6) is 2.53. The number of nitrogens with one attached hydrogen (secondary N) is 2. The zero-order valence-electron chi connectivity index (χ0n) is 12.9. The van der Waals surface area contributed by atoms with E-state index in [0.29, 0.717) is 13.2 Å². The third-order valence-corrected chi connectivity index (χ3v) is 2.80. The van der Waals surface area contributed by atoms with Crippen LogP contribution in [0.4, 0.5) is 11.6 Å². The van der Waals surface area contributed by atoms with E-state index in [1.54, 1.807) is 14.2 Å². The number of aryl methyl sites for hydroxylation is 1. The van der Waals surface area contributed by atoms with E-state index in [4.69, 9.17) is 9.47 Å². The molecule has 114 valence electrons. The van der Waals surface area contributed by atoms with Gasteiger partial charge in [0.2, 0.25) is 0 Å². The van der Waals surface area contributed by atoms with Crippen LogP contribution in [0.15, 0.2) is 6.07 Å². The summed E-state index contributed by atoms with van der Waals surface area (Å²) in [6.07, 6.45) is 1.91. The molecule has 2 N–H and O–H groups in total. The molecule has 1 aromatic heterocycles. The molecule has 0 fully saturated rings. The van der Waals surface area contributed by atoms with Crippen molar-refractivity contribution in [3.8, 4) is 0 Å². The Morgan fingerprint density at radius 1 is 1.15 bits per heavy atom. The number of nitrogens with zero attached hydrogens (tertiary/aromatic N) is 2. The van der Waals surface area contributed by atoms with Gasteiger partial charge in [-0.15, -0.1) is 0 Å². The fraction of sp³-hybridized carbons (Fsp3) is 0.714. The maximum atomic E-state index is 5.32. The van der Waals surface area contributed by atoms with E-state index in [9.17, 15) is 0 Å². The zero-order valence-corrected chi connectivity index (χ0v) is 12.9. The molecule has 0 saturated heterocycles. The smallest absolute Gasteiger partial charge is 0.133 e. The molecule has 0 saturated carbocycles. The lowest BCUT2D eigenvalue weighted by atomic mass is 10.3. The second-order valence-electron chi connectivity index (χ2n) is 4.53. The summed E-state index contributed by atoms with van der Waals surface area (Å²) in [7, 11) is 3.34.